The molecule has 172 valence electrons. The predicted octanol–water partition coefficient (Wildman–Crippen LogP) is 4.63. The zero-order valence-corrected chi connectivity index (χ0v) is 19.8. The summed E-state index contributed by atoms with van der Waals surface area (Å²) in [6, 6.07) is 18.3. The lowest BCUT2D eigenvalue weighted by molar-refractivity contribution is -0.122. The first-order chi connectivity index (χ1) is 16.7. The number of para-hydroxylation sites is 1. The number of nitriles is 1. The second-order valence-corrected chi connectivity index (χ2v) is 9.07. The van der Waals surface area contributed by atoms with Crippen LogP contribution in [-0.2, 0) is 16.1 Å². The van der Waals surface area contributed by atoms with Crippen molar-refractivity contribution in [3.63, 3.8) is 0 Å². The molecule has 0 saturated carbocycles. The highest BCUT2D eigenvalue weighted by atomic mass is 32.2. The third-order valence-corrected chi connectivity index (χ3v) is 7.01. The van der Waals surface area contributed by atoms with E-state index in [1.54, 1.807) is 4.90 Å². The van der Waals surface area contributed by atoms with Crippen molar-refractivity contribution in [2.24, 2.45) is 4.99 Å². The Balaban J connectivity index is 1.43. The van der Waals surface area contributed by atoms with Crippen molar-refractivity contribution in [1.29, 1.82) is 5.26 Å². The Morgan fingerprint density at radius 3 is 2.65 bits per heavy atom. The molecule has 3 heterocycles. The van der Waals surface area contributed by atoms with E-state index in [0.29, 0.717) is 16.6 Å². The van der Waals surface area contributed by atoms with Crippen molar-refractivity contribution in [2.45, 2.75) is 13.5 Å². The first kappa shape index (κ1) is 22.3. The summed E-state index contributed by atoms with van der Waals surface area (Å²) >= 11 is 1.39. The number of hydrogen-bond donors (Lipinski definition) is 0. The van der Waals surface area contributed by atoms with Crippen LogP contribution in [0.5, 0.6) is 0 Å². The second-order valence-electron chi connectivity index (χ2n) is 8.06. The number of anilines is 1. The minimum absolute atomic E-state index is 0.0479. The molecular formula is C26H25N5O2S. The summed E-state index contributed by atoms with van der Waals surface area (Å²) in [6.07, 6.45) is 3.85. The van der Waals surface area contributed by atoms with Crippen LogP contribution in [0, 0.1) is 11.3 Å². The van der Waals surface area contributed by atoms with Crippen LogP contribution in [0.4, 0.5) is 11.4 Å². The molecule has 2 saturated heterocycles. The van der Waals surface area contributed by atoms with Crippen LogP contribution in [0.15, 0.2) is 64.6 Å². The molecule has 2 fully saturated rings. The Morgan fingerprint density at radius 2 is 1.91 bits per heavy atom. The third-order valence-electron chi connectivity index (χ3n) is 6.00. The third kappa shape index (κ3) is 4.32. The topological polar surface area (TPSA) is 73.9 Å². The number of benzene rings is 2. The second kappa shape index (κ2) is 9.75. The summed E-state index contributed by atoms with van der Waals surface area (Å²) in [5, 5.41) is 10.9. The first-order valence-corrected chi connectivity index (χ1v) is 12.2. The number of aliphatic imine (C=N–C) groups is 1. The maximum atomic E-state index is 13.1. The van der Waals surface area contributed by atoms with Crippen LogP contribution in [0.2, 0.25) is 0 Å². The van der Waals surface area contributed by atoms with E-state index in [2.05, 4.69) is 23.1 Å². The van der Waals surface area contributed by atoms with Crippen LogP contribution >= 0.6 is 11.8 Å². The Bertz CT molecular complexity index is 1310. The number of thioether (sulfide) groups is 1. The maximum absolute atomic E-state index is 13.1. The Labute approximate surface area is 202 Å². The van der Waals surface area contributed by atoms with Crippen LogP contribution in [0.25, 0.3) is 17.0 Å². The van der Waals surface area contributed by atoms with Gasteiger partial charge in [-0.2, -0.15) is 5.26 Å². The maximum Gasteiger partial charge on any atom is 0.266 e. The molecule has 2 aromatic carbocycles. The van der Waals surface area contributed by atoms with Gasteiger partial charge in [-0.1, -0.05) is 18.2 Å². The molecule has 0 atom stereocenters. The Morgan fingerprint density at radius 1 is 1.15 bits per heavy atom. The summed E-state index contributed by atoms with van der Waals surface area (Å²) in [6.45, 7) is 6.04. The molecule has 1 amide bonds. The molecule has 0 radical (unpaired) electrons. The molecule has 8 heteroatoms. The average Bonchev–Trinajstić information content (AvgIpc) is 3.37. The zero-order chi connectivity index (χ0) is 23.5. The molecule has 0 spiro atoms. The summed E-state index contributed by atoms with van der Waals surface area (Å²) in [5.74, 6) is -0.0479. The van der Waals surface area contributed by atoms with Crippen LogP contribution in [0.3, 0.4) is 0 Å². The van der Waals surface area contributed by atoms with E-state index >= 15 is 0 Å². The molecule has 0 aliphatic carbocycles. The predicted molar refractivity (Wildman–Crippen MR) is 137 cm³/mol. The molecule has 7 nitrogen and oxygen atoms in total. The molecular weight excluding hydrogens is 446 g/mol. The molecule has 34 heavy (non-hydrogen) atoms. The van der Waals surface area contributed by atoms with Gasteiger partial charge in [0, 0.05) is 48.0 Å². The van der Waals surface area contributed by atoms with Gasteiger partial charge in [-0.3, -0.25) is 9.69 Å². The molecule has 2 aliphatic heterocycles. The van der Waals surface area contributed by atoms with Gasteiger partial charge in [0.1, 0.15) is 6.54 Å². The molecule has 0 N–H and O–H groups in total. The number of carbonyl (C=O) groups is 1. The number of morpholine rings is 1. The lowest BCUT2D eigenvalue weighted by atomic mass is 10.1. The lowest BCUT2D eigenvalue weighted by Gasteiger charge is -2.28. The van der Waals surface area contributed by atoms with E-state index in [1.807, 2.05) is 60.2 Å². The monoisotopic (exact) mass is 471 g/mol. The smallest absolute Gasteiger partial charge is 0.266 e. The van der Waals surface area contributed by atoms with Gasteiger partial charge in [0.2, 0.25) is 0 Å². The van der Waals surface area contributed by atoms with E-state index in [0.717, 1.165) is 54.1 Å². The number of nitrogens with zero attached hydrogens (tertiary/aromatic N) is 5. The standard InChI is InChI=1S/C26H25N5O2S/c1-2-31-25(32)24(17-19-18-30(12-11-27)23-6-4-3-5-22(19)23)34-26(31)28-20-7-9-21(10-8-20)29-13-15-33-16-14-29/h3-10,17-18H,2,12-16H2,1H3/b24-17-,28-26?. The summed E-state index contributed by atoms with van der Waals surface area (Å²) in [4.78, 5) is 22.6. The largest absolute Gasteiger partial charge is 0.378 e. The number of rotatable bonds is 5. The lowest BCUT2D eigenvalue weighted by Crippen LogP contribution is -2.36. The van der Waals surface area contributed by atoms with Gasteiger partial charge in [0.05, 0.1) is 29.9 Å². The van der Waals surface area contributed by atoms with Gasteiger partial charge in [-0.15, -0.1) is 0 Å². The van der Waals surface area contributed by atoms with Crippen molar-refractivity contribution in [3.05, 3.63) is 65.2 Å². The molecule has 3 aromatic rings. The van der Waals surface area contributed by atoms with E-state index in [-0.39, 0.29) is 12.5 Å². The van der Waals surface area contributed by atoms with E-state index < -0.39 is 0 Å². The van der Waals surface area contributed by atoms with Gasteiger partial charge in [-0.25, -0.2) is 4.99 Å². The van der Waals surface area contributed by atoms with Crippen LogP contribution in [-0.4, -0.2) is 53.4 Å². The number of aromatic nitrogens is 1. The summed E-state index contributed by atoms with van der Waals surface area (Å²) in [5.41, 5.74) is 3.88. The molecule has 2 aliphatic rings. The summed E-state index contributed by atoms with van der Waals surface area (Å²) in [7, 11) is 0. The van der Waals surface area contributed by atoms with E-state index in [4.69, 9.17) is 9.73 Å². The van der Waals surface area contributed by atoms with Crippen molar-refractivity contribution in [1.82, 2.24) is 9.47 Å². The number of likely N-dealkylation sites (N-methyl/N-ethyl adjacent to an activating group) is 1. The number of amides is 1. The van der Waals surface area contributed by atoms with E-state index in [1.165, 1.54) is 11.8 Å². The number of fused-ring (bicyclic) bond motifs is 1. The number of ether oxygens (including phenoxy) is 1. The van der Waals surface area contributed by atoms with Gasteiger partial charge in [-0.05, 0) is 55.1 Å². The highest BCUT2D eigenvalue weighted by molar-refractivity contribution is 8.18. The summed E-state index contributed by atoms with van der Waals surface area (Å²) < 4.78 is 7.34. The number of hydrogen-bond acceptors (Lipinski definition) is 6. The normalized spacial score (nSPS) is 18.9. The highest BCUT2D eigenvalue weighted by Gasteiger charge is 2.32. The van der Waals surface area contributed by atoms with Crippen molar-refractivity contribution in [2.75, 3.05) is 37.7 Å². The van der Waals surface area contributed by atoms with Crippen molar-refractivity contribution in [3.8, 4) is 6.07 Å². The SMILES string of the molecule is CCN1C(=O)/C(=C/c2cn(CC#N)c3ccccc23)SC1=Nc1ccc(N2CCOCC2)cc1. The quantitative estimate of drug-likeness (QED) is 0.508. The van der Waals surface area contributed by atoms with Crippen molar-refractivity contribution >= 4 is 51.2 Å². The van der Waals surface area contributed by atoms with E-state index in [9.17, 15) is 10.1 Å². The van der Waals surface area contributed by atoms with Gasteiger partial charge in [0.15, 0.2) is 5.17 Å². The number of carbonyl (C=O) groups excluding carboxylic acids is 1. The van der Waals surface area contributed by atoms with Gasteiger partial charge in [0.25, 0.3) is 5.91 Å². The first-order valence-electron chi connectivity index (χ1n) is 11.4. The molecule has 1 aromatic heterocycles. The van der Waals surface area contributed by atoms with Crippen LogP contribution < -0.4 is 4.90 Å². The van der Waals surface area contributed by atoms with Crippen molar-refractivity contribution < 1.29 is 9.53 Å². The molecule has 0 unspecified atom stereocenters. The minimum Gasteiger partial charge on any atom is -0.378 e. The number of amidine groups is 1. The molecule has 0 bridgehead atoms. The Kier molecular flexibility index (Phi) is 6.39. The van der Waals surface area contributed by atoms with Gasteiger partial charge >= 0.3 is 0 Å². The average molecular weight is 472 g/mol. The fraction of sp³-hybridized carbons (Fsp3) is 0.269. The fourth-order valence-corrected chi connectivity index (χ4v) is 5.33. The highest BCUT2D eigenvalue weighted by Crippen LogP contribution is 2.35. The zero-order valence-electron chi connectivity index (χ0n) is 19.0. The van der Waals surface area contributed by atoms with Gasteiger partial charge < -0.3 is 14.2 Å². The minimum atomic E-state index is -0.0479. The fourth-order valence-electron chi connectivity index (χ4n) is 4.28. The van der Waals surface area contributed by atoms with Crippen LogP contribution in [0.1, 0.15) is 12.5 Å². The molecule has 5 rings (SSSR count). The Hall–Kier alpha value is -3.54.